The summed E-state index contributed by atoms with van der Waals surface area (Å²) in [7, 11) is 1.78. The summed E-state index contributed by atoms with van der Waals surface area (Å²) in [6, 6.07) is 3.43. The summed E-state index contributed by atoms with van der Waals surface area (Å²) >= 11 is 0. The van der Waals surface area contributed by atoms with E-state index < -0.39 is 0 Å². The van der Waals surface area contributed by atoms with Crippen molar-refractivity contribution in [2.24, 2.45) is 0 Å². The Kier molecular flexibility index (Phi) is 1.95. The van der Waals surface area contributed by atoms with Crippen LogP contribution in [-0.2, 0) is 11.2 Å². The van der Waals surface area contributed by atoms with Gasteiger partial charge in [0.15, 0.2) is 0 Å². The molecule has 1 aromatic carbocycles. The van der Waals surface area contributed by atoms with E-state index in [0.29, 0.717) is 6.42 Å². The number of carbonyl (C=O) groups is 1. The summed E-state index contributed by atoms with van der Waals surface area (Å²) in [4.78, 5) is 13.1. The standard InChI is InChI=1S/C11H13NO2/c1-7-5-9(13)6-8-3-4-10(14)12(2)11(7)8/h5-6,13H,3-4H2,1-2H3. The van der Waals surface area contributed by atoms with Crippen molar-refractivity contribution in [1.82, 2.24) is 0 Å². The average Bonchev–Trinajstić information content (AvgIpc) is 2.10. The number of nitrogens with zero attached hydrogens (tertiary/aromatic N) is 1. The number of amides is 1. The summed E-state index contributed by atoms with van der Waals surface area (Å²) in [5.74, 6) is 0.426. The number of hydrogen-bond donors (Lipinski definition) is 1. The molecule has 0 spiro atoms. The van der Waals surface area contributed by atoms with Crippen LogP contribution in [0.1, 0.15) is 17.5 Å². The van der Waals surface area contributed by atoms with Gasteiger partial charge in [-0.1, -0.05) is 0 Å². The summed E-state index contributed by atoms with van der Waals surface area (Å²) in [6.07, 6.45) is 1.26. The van der Waals surface area contributed by atoms with E-state index in [1.807, 2.05) is 6.92 Å². The van der Waals surface area contributed by atoms with Gasteiger partial charge in [-0.2, -0.15) is 0 Å². The number of anilines is 1. The molecule has 0 aliphatic carbocycles. The third-order valence-electron chi connectivity index (χ3n) is 2.68. The number of aryl methyl sites for hydroxylation is 2. The third-order valence-corrected chi connectivity index (χ3v) is 2.68. The van der Waals surface area contributed by atoms with Crippen molar-refractivity contribution >= 4 is 11.6 Å². The molecule has 0 saturated carbocycles. The molecule has 0 bridgehead atoms. The van der Waals surface area contributed by atoms with Gasteiger partial charge in [-0.25, -0.2) is 0 Å². The Hall–Kier alpha value is -1.51. The molecule has 2 rings (SSSR count). The van der Waals surface area contributed by atoms with Gasteiger partial charge >= 0.3 is 0 Å². The van der Waals surface area contributed by atoms with E-state index in [2.05, 4.69) is 0 Å². The van der Waals surface area contributed by atoms with Crippen LogP contribution in [0.4, 0.5) is 5.69 Å². The molecular weight excluding hydrogens is 178 g/mol. The van der Waals surface area contributed by atoms with Crippen molar-refractivity contribution in [2.45, 2.75) is 19.8 Å². The van der Waals surface area contributed by atoms with Gasteiger partial charge in [-0.05, 0) is 36.6 Å². The Labute approximate surface area is 83.0 Å². The van der Waals surface area contributed by atoms with Crippen LogP contribution in [0, 0.1) is 6.92 Å². The van der Waals surface area contributed by atoms with Gasteiger partial charge in [0.1, 0.15) is 5.75 Å². The van der Waals surface area contributed by atoms with Crippen LogP contribution in [-0.4, -0.2) is 18.1 Å². The fourth-order valence-electron chi connectivity index (χ4n) is 2.04. The van der Waals surface area contributed by atoms with E-state index >= 15 is 0 Å². The van der Waals surface area contributed by atoms with Gasteiger partial charge in [0.25, 0.3) is 0 Å². The quantitative estimate of drug-likeness (QED) is 0.676. The van der Waals surface area contributed by atoms with E-state index in [1.165, 1.54) is 0 Å². The molecule has 3 heteroatoms. The van der Waals surface area contributed by atoms with Crippen molar-refractivity contribution in [3.8, 4) is 5.75 Å². The van der Waals surface area contributed by atoms with Crippen molar-refractivity contribution in [3.05, 3.63) is 23.3 Å². The molecule has 1 amide bonds. The van der Waals surface area contributed by atoms with Crippen molar-refractivity contribution in [1.29, 1.82) is 0 Å². The normalized spacial score (nSPS) is 15.6. The van der Waals surface area contributed by atoms with Crippen molar-refractivity contribution < 1.29 is 9.90 Å². The van der Waals surface area contributed by atoms with Crippen LogP contribution in [0.5, 0.6) is 5.75 Å². The fourth-order valence-corrected chi connectivity index (χ4v) is 2.04. The van der Waals surface area contributed by atoms with Crippen LogP contribution in [0.15, 0.2) is 12.1 Å². The first-order valence-electron chi connectivity index (χ1n) is 4.68. The van der Waals surface area contributed by atoms with Crippen molar-refractivity contribution in [2.75, 3.05) is 11.9 Å². The first-order chi connectivity index (χ1) is 6.59. The summed E-state index contributed by atoms with van der Waals surface area (Å²) < 4.78 is 0. The predicted molar refractivity (Wildman–Crippen MR) is 54.6 cm³/mol. The lowest BCUT2D eigenvalue weighted by molar-refractivity contribution is -0.118. The van der Waals surface area contributed by atoms with E-state index in [-0.39, 0.29) is 11.7 Å². The Morgan fingerprint density at radius 2 is 2.07 bits per heavy atom. The molecule has 0 saturated heterocycles. The molecule has 0 radical (unpaired) electrons. The van der Waals surface area contributed by atoms with E-state index in [9.17, 15) is 9.90 Å². The zero-order valence-electron chi connectivity index (χ0n) is 8.37. The second-order valence-electron chi connectivity index (χ2n) is 3.72. The zero-order valence-corrected chi connectivity index (χ0v) is 8.37. The predicted octanol–water partition coefficient (Wildman–Crippen LogP) is 1.61. The molecule has 0 atom stereocenters. The highest BCUT2D eigenvalue weighted by Crippen LogP contribution is 2.33. The van der Waals surface area contributed by atoms with Gasteiger partial charge < -0.3 is 10.0 Å². The van der Waals surface area contributed by atoms with E-state index in [0.717, 1.165) is 23.2 Å². The molecule has 1 aromatic rings. The molecule has 1 aliphatic rings. The molecule has 1 N–H and O–H groups in total. The van der Waals surface area contributed by atoms with E-state index in [4.69, 9.17) is 0 Å². The Morgan fingerprint density at radius 3 is 2.79 bits per heavy atom. The smallest absolute Gasteiger partial charge is 0.227 e. The average molecular weight is 191 g/mol. The van der Waals surface area contributed by atoms with Crippen molar-refractivity contribution in [3.63, 3.8) is 0 Å². The highest BCUT2D eigenvalue weighted by atomic mass is 16.3. The molecular formula is C11H13NO2. The van der Waals surface area contributed by atoms with Gasteiger partial charge in [0.05, 0.1) is 0 Å². The number of aromatic hydroxyl groups is 1. The maximum Gasteiger partial charge on any atom is 0.227 e. The second kappa shape index (κ2) is 3.01. The van der Waals surface area contributed by atoms with Crippen LogP contribution in [0.3, 0.4) is 0 Å². The first kappa shape index (κ1) is 9.06. The van der Waals surface area contributed by atoms with Gasteiger partial charge in [-0.3, -0.25) is 4.79 Å². The highest BCUT2D eigenvalue weighted by molar-refractivity contribution is 5.96. The Bertz CT molecular complexity index is 399. The van der Waals surface area contributed by atoms with Gasteiger partial charge in [0.2, 0.25) is 5.91 Å². The minimum Gasteiger partial charge on any atom is -0.508 e. The van der Waals surface area contributed by atoms with E-state index in [1.54, 1.807) is 24.1 Å². The largest absolute Gasteiger partial charge is 0.508 e. The Balaban J connectivity index is 2.60. The van der Waals surface area contributed by atoms with Crippen LogP contribution in [0.2, 0.25) is 0 Å². The second-order valence-corrected chi connectivity index (χ2v) is 3.72. The van der Waals surface area contributed by atoms with Gasteiger partial charge in [-0.15, -0.1) is 0 Å². The number of benzene rings is 1. The number of rotatable bonds is 0. The topological polar surface area (TPSA) is 40.5 Å². The monoisotopic (exact) mass is 191 g/mol. The minimum absolute atomic E-state index is 0.145. The van der Waals surface area contributed by atoms with Crippen LogP contribution >= 0.6 is 0 Å². The number of fused-ring (bicyclic) bond motifs is 1. The number of phenols is 1. The highest BCUT2D eigenvalue weighted by Gasteiger charge is 2.22. The van der Waals surface area contributed by atoms with Crippen LogP contribution < -0.4 is 4.90 Å². The van der Waals surface area contributed by atoms with Gasteiger partial charge in [0, 0.05) is 19.2 Å². The molecule has 14 heavy (non-hydrogen) atoms. The molecule has 1 aliphatic heterocycles. The maximum atomic E-state index is 11.5. The lowest BCUT2D eigenvalue weighted by atomic mass is 9.98. The molecule has 0 fully saturated rings. The Morgan fingerprint density at radius 1 is 1.36 bits per heavy atom. The first-order valence-corrected chi connectivity index (χ1v) is 4.68. The molecule has 0 aromatic heterocycles. The minimum atomic E-state index is 0.145. The maximum absolute atomic E-state index is 11.5. The third kappa shape index (κ3) is 1.25. The molecule has 74 valence electrons. The summed E-state index contributed by atoms with van der Waals surface area (Å²) in [5, 5.41) is 9.42. The summed E-state index contributed by atoms with van der Waals surface area (Å²) in [6.45, 7) is 1.91. The SMILES string of the molecule is Cc1cc(O)cc2c1N(C)C(=O)CC2. The lowest BCUT2D eigenvalue weighted by Gasteiger charge is -2.27. The lowest BCUT2D eigenvalue weighted by Crippen LogP contribution is -2.31. The van der Waals surface area contributed by atoms with Crippen LogP contribution in [0.25, 0.3) is 0 Å². The zero-order chi connectivity index (χ0) is 10.3. The molecule has 1 heterocycles. The fraction of sp³-hybridized carbons (Fsp3) is 0.364. The molecule has 3 nitrogen and oxygen atoms in total. The number of phenolic OH excluding ortho intramolecular Hbond substituents is 1. The summed E-state index contributed by atoms with van der Waals surface area (Å²) in [5.41, 5.74) is 2.97. The number of carbonyl (C=O) groups excluding carboxylic acids is 1. The molecule has 0 unspecified atom stereocenters. The number of hydrogen-bond acceptors (Lipinski definition) is 2.